The van der Waals surface area contributed by atoms with E-state index >= 15 is 0 Å². The third-order valence-electron chi connectivity index (χ3n) is 4.49. The van der Waals surface area contributed by atoms with Gasteiger partial charge in [0.2, 0.25) is 0 Å². The smallest absolute Gasteiger partial charge is 0.356 e. The average molecular weight is 354 g/mol. The van der Waals surface area contributed by atoms with Gasteiger partial charge < -0.3 is 10.4 Å². The molecule has 4 rings (SSSR count). The van der Waals surface area contributed by atoms with Gasteiger partial charge in [-0.3, -0.25) is 4.57 Å². The lowest BCUT2D eigenvalue weighted by Crippen LogP contribution is -2.21. The average Bonchev–Trinajstić information content (AvgIpc) is 2.83. The highest BCUT2D eigenvalue weighted by Gasteiger charge is 2.29. The van der Waals surface area contributed by atoms with E-state index in [-0.39, 0.29) is 11.7 Å². The first-order chi connectivity index (χ1) is 12.1. The van der Waals surface area contributed by atoms with Crippen molar-refractivity contribution < 1.29 is 9.90 Å². The zero-order valence-corrected chi connectivity index (χ0v) is 14.3. The monoisotopic (exact) mass is 353 g/mol. The number of carbonyl (C=O) groups is 1. The molecular formula is C19H16ClN3O2. The van der Waals surface area contributed by atoms with Gasteiger partial charge in [0.25, 0.3) is 0 Å². The Kier molecular flexibility index (Phi) is 3.82. The summed E-state index contributed by atoms with van der Waals surface area (Å²) in [6.07, 6.45) is 0. The van der Waals surface area contributed by atoms with Gasteiger partial charge >= 0.3 is 5.97 Å². The first kappa shape index (κ1) is 15.9. The fourth-order valence-electron chi connectivity index (χ4n) is 3.44. The van der Waals surface area contributed by atoms with Crippen LogP contribution in [0.4, 0.5) is 0 Å². The molecule has 5 nitrogen and oxygen atoms in total. The Morgan fingerprint density at radius 3 is 2.76 bits per heavy atom. The summed E-state index contributed by atoms with van der Waals surface area (Å²) >= 11 is 6.26. The van der Waals surface area contributed by atoms with E-state index in [9.17, 15) is 9.90 Å². The first-order valence-electron chi connectivity index (χ1n) is 7.96. The van der Waals surface area contributed by atoms with E-state index < -0.39 is 5.97 Å². The fourth-order valence-corrected chi connectivity index (χ4v) is 3.62. The van der Waals surface area contributed by atoms with Crippen molar-refractivity contribution in [1.29, 1.82) is 0 Å². The molecule has 2 aromatic carbocycles. The largest absolute Gasteiger partial charge is 0.476 e. The SMILES string of the molecule is Cc1nc(C(=O)O)c2n1-c1ccc(Cl)cc1C(c1ccccc1)NC2. The van der Waals surface area contributed by atoms with E-state index in [1.807, 2.05) is 60.0 Å². The third-order valence-corrected chi connectivity index (χ3v) is 4.73. The Hall–Kier alpha value is -2.63. The van der Waals surface area contributed by atoms with Gasteiger partial charge in [-0.05, 0) is 36.2 Å². The maximum atomic E-state index is 11.6. The molecule has 0 spiro atoms. The number of aromatic carboxylic acids is 1. The second kappa shape index (κ2) is 6.02. The van der Waals surface area contributed by atoms with Crippen molar-refractivity contribution in [3.8, 4) is 5.69 Å². The molecule has 1 atom stereocenters. The minimum absolute atomic E-state index is 0.0830. The summed E-state index contributed by atoms with van der Waals surface area (Å²) in [6.45, 7) is 2.21. The molecule has 1 unspecified atom stereocenters. The standard InChI is InChI=1S/C19H16ClN3O2/c1-11-22-18(19(24)25)16-10-21-17(12-5-3-2-4-6-12)14-9-13(20)7-8-15(14)23(11)16/h2-9,17,21H,10H2,1H3,(H,24,25). The highest BCUT2D eigenvalue weighted by molar-refractivity contribution is 6.30. The molecule has 2 heterocycles. The van der Waals surface area contributed by atoms with E-state index in [2.05, 4.69) is 10.3 Å². The molecule has 2 N–H and O–H groups in total. The molecule has 0 bridgehead atoms. The van der Waals surface area contributed by atoms with Gasteiger partial charge in [0.1, 0.15) is 5.82 Å². The first-order valence-corrected chi connectivity index (χ1v) is 8.33. The van der Waals surface area contributed by atoms with Gasteiger partial charge in [-0.15, -0.1) is 0 Å². The summed E-state index contributed by atoms with van der Waals surface area (Å²) in [5.41, 5.74) is 3.72. The van der Waals surface area contributed by atoms with Gasteiger partial charge in [-0.1, -0.05) is 41.9 Å². The van der Waals surface area contributed by atoms with Crippen LogP contribution in [-0.4, -0.2) is 20.6 Å². The van der Waals surface area contributed by atoms with Gasteiger partial charge in [-0.25, -0.2) is 9.78 Å². The zero-order chi connectivity index (χ0) is 17.6. The highest BCUT2D eigenvalue weighted by Crippen LogP contribution is 2.34. The number of imidazole rings is 1. The molecule has 0 saturated heterocycles. The molecule has 0 radical (unpaired) electrons. The fraction of sp³-hybridized carbons (Fsp3) is 0.158. The number of halogens is 1. The molecule has 0 saturated carbocycles. The Morgan fingerprint density at radius 1 is 1.28 bits per heavy atom. The quantitative estimate of drug-likeness (QED) is 0.736. The lowest BCUT2D eigenvalue weighted by atomic mass is 9.97. The number of aromatic nitrogens is 2. The minimum Gasteiger partial charge on any atom is -0.476 e. The number of rotatable bonds is 2. The number of fused-ring (bicyclic) bond motifs is 3. The third kappa shape index (κ3) is 2.62. The molecule has 1 aliphatic heterocycles. The number of carboxylic acids is 1. The predicted octanol–water partition coefficient (Wildman–Crippen LogP) is 3.72. The van der Waals surface area contributed by atoms with Crippen LogP contribution in [-0.2, 0) is 6.54 Å². The van der Waals surface area contributed by atoms with Gasteiger partial charge in [-0.2, -0.15) is 0 Å². The van der Waals surface area contributed by atoms with E-state index in [4.69, 9.17) is 11.6 Å². The Balaban J connectivity index is 1.97. The minimum atomic E-state index is -1.02. The summed E-state index contributed by atoms with van der Waals surface area (Å²) < 4.78 is 1.91. The number of benzene rings is 2. The van der Waals surface area contributed by atoms with Crippen molar-refractivity contribution in [3.63, 3.8) is 0 Å². The molecular weight excluding hydrogens is 338 g/mol. The summed E-state index contributed by atoms with van der Waals surface area (Å²) in [5.74, 6) is -0.376. The molecule has 0 amide bonds. The van der Waals surface area contributed by atoms with Crippen LogP contribution in [0.2, 0.25) is 5.02 Å². The maximum Gasteiger partial charge on any atom is 0.356 e. The summed E-state index contributed by atoms with van der Waals surface area (Å²) in [6, 6.07) is 15.6. The molecule has 0 aliphatic carbocycles. The molecule has 3 aromatic rings. The summed E-state index contributed by atoms with van der Waals surface area (Å²) in [4.78, 5) is 15.8. The lowest BCUT2D eigenvalue weighted by molar-refractivity contribution is 0.0689. The van der Waals surface area contributed by atoms with Crippen LogP contribution in [0.3, 0.4) is 0 Å². The molecule has 1 aromatic heterocycles. The van der Waals surface area contributed by atoms with Crippen molar-refractivity contribution in [3.05, 3.63) is 81.9 Å². The van der Waals surface area contributed by atoms with Crippen molar-refractivity contribution in [2.45, 2.75) is 19.5 Å². The lowest BCUT2D eigenvalue weighted by Gasteiger charge is -2.20. The predicted molar refractivity (Wildman–Crippen MR) is 95.4 cm³/mol. The van der Waals surface area contributed by atoms with Crippen LogP contribution in [0.5, 0.6) is 0 Å². The van der Waals surface area contributed by atoms with E-state index in [1.54, 1.807) is 0 Å². The summed E-state index contributed by atoms with van der Waals surface area (Å²) in [5, 5.41) is 13.6. The van der Waals surface area contributed by atoms with E-state index in [1.165, 1.54) is 0 Å². The van der Waals surface area contributed by atoms with Gasteiger partial charge in [0, 0.05) is 11.6 Å². The maximum absolute atomic E-state index is 11.6. The number of carboxylic acid groups (broad SMARTS) is 1. The molecule has 126 valence electrons. The number of hydrogen-bond donors (Lipinski definition) is 2. The second-order valence-electron chi connectivity index (χ2n) is 6.02. The van der Waals surface area contributed by atoms with Crippen molar-refractivity contribution >= 4 is 17.6 Å². The van der Waals surface area contributed by atoms with Crippen LogP contribution in [0.15, 0.2) is 48.5 Å². The van der Waals surface area contributed by atoms with Crippen LogP contribution in [0, 0.1) is 6.92 Å². The van der Waals surface area contributed by atoms with Crippen LogP contribution >= 0.6 is 11.6 Å². The second-order valence-corrected chi connectivity index (χ2v) is 6.46. The molecule has 25 heavy (non-hydrogen) atoms. The Labute approximate surface area is 149 Å². The molecule has 1 aliphatic rings. The topological polar surface area (TPSA) is 67.1 Å². The van der Waals surface area contributed by atoms with Crippen LogP contribution in [0.1, 0.15) is 39.2 Å². The molecule has 0 fully saturated rings. The van der Waals surface area contributed by atoms with Crippen LogP contribution in [0.25, 0.3) is 5.69 Å². The van der Waals surface area contributed by atoms with Gasteiger partial charge in [0.05, 0.1) is 17.4 Å². The van der Waals surface area contributed by atoms with Crippen LogP contribution < -0.4 is 5.32 Å². The highest BCUT2D eigenvalue weighted by atomic mass is 35.5. The Morgan fingerprint density at radius 2 is 2.04 bits per heavy atom. The number of nitrogens with one attached hydrogen (secondary N) is 1. The van der Waals surface area contributed by atoms with Gasteiger partial charge in [0.15, 0.2) is 5.69 Å². The van der Waals surface area contributed by atoms with Crippen molar-refractivity contribution in [2.24, 2.45) is 0 Å². The Bertz CT molecular complexity index is 966. The number of nitrogens with zero attached hydrogens (tertiary/aromatic N) is 2. The molecule has 6 heteroatoms. The van der Waals surface area contributed by atoms with E-state index in [0.717, 1.165) is 16.8 Å². The number of hydrogen-bond acceptors (Lipinski definition) is 3. The normalized spacial score (nSPS) is 16.0. The number of aryl methyl sites for hydroxylation is 1. The zero-order valence-electron chi connectivity index (χ0n) is 13.5. The van der Waals surface area contributed by atoms with E-state index in [0.29, 0.717) is 23.1 Å². The van der Waals surface area contributed by atoms with Crippen molar-refractivity contribution in [2.75, 3.05) is 0 Å². The summed E-state index contributed by atoms with van der Waals surface area (Å²) in [7, 11) is 0. The van der Waals surface area contributed by atoms with Crippen molar-refractivity contribution in [1.82, 2.24) is 14.9 Å².